The van der Waals surface area contributed by atoms with Crippen LogP contribution in [-0.2, 0) is 17.4 Å². The van der Waals surface area contributed by atoms with E-state index in [0.29, 0.717) is 0 Å². The molecule has 0 aliphatic carbocycles. The molecule has 3 rings (SSSR count). The predicted octanol–water partition coefficient (Wildman–Crippen LogP) is -1.67. The van der Waals surface area contributed by atoms with Crippen LogP contribution in [0, 0.1) is 0 Å². The van der Waals surface area contributed by atoms with Gasteiger partial charge >= 0.3 is 0 Å². The van der Waals surface area contributed by atoms with E-state index in [1.807, 2.05) is 0 Å². The Bertz CT molecular complexity index is 747. The van der Waals surface area contributed by atoms with Crippen molar-refractivity contribution < 1.29 is 47.1 Å². The summed E-state index contributed by atoms with van der Waals surface area (Å²) >= 11 is 0. The van der Waals surface area contributed by atoms with Gasteiger partial charge in [-0.1, -0.05) is 18.2 Å². The molecule has 0 aliphatic rings. The molecule has 0 unspecified atom stereocenters. The molecule has 0 amide bonds. The maximum atomic E-state index is 10.0. The monoisotopic (exact) mass is 418 g/mol. The molecule has 0 radical (unpaired) electrons. The van der Waals surface area contributed by atoms with Crippen LogP contribution in [0.3, 0.4) is 0 Å². The number of pyridine rings is 3. The molecule has 0 spiro atoms. The zero-order valence-electron chi connectivity index (χ0n) is 14.1. The largest absolute Gasteiger partial charge is 0.543 e. The second-order valence-electron chi connectivity index (χ2n) is 4.51. The van der Waals surface area contributed by atoms with E-state index in [2.05, 4.69) is 15.0 Å². The second-order valence-corrected chi connectivity index (χ2v) is 4.51. The number of hydrogen-bond donors (Lipinski definition) is 0. The number of aromatic carboxylic acids is 3. The molecule has 3 aromatic rings. The smallest absolute Gasteiger partial charge is 0.0899 e. The van der Waals surface area contributed by atoms with E-state index in [1.54, 1.807) is 36.4 Å². The Labute approximate surface area is 170 Å². The van der Waals surface area contributed by atoms with Crippen LogP contribution in [-0.4, -0.2) is 32.9 Å². The topological polar surface area (TPSA) is 159 Å². The van der Waals surface area contributed by atoms with Crippen molar-refractivity contribution in [3.8, 4) is 0 Å². The van der Waals surface area contributed by atoms with Crippen molar-refractivity contribution >= 4 is 17.9 Å². The molecule has 0 bridgehead atoms. The molecular weight excluding hydrogens is 406 g/mol. The van der Waals surface area contributed by atoms with Gasteiger partial charge in [-0.2, -0.15) is 0 Å². The van der Waals surface area contributed by atoms with Crippen LogP contribution >= 0.6 is 0 Å². The molecule has 144 valence electrons. The van der Waals surface area contributed by atoms with Crippen LogP contribution in [0.15, 0.2) is 73.2 Å². The molecule has 3 aromatic heterocycles. The van der Waals surface area contributed by atoms with Crippen molar-refractivity contribution in [1.29, 1.82) is 0 Å². The van der Waals surface area contributed by atoms with Crippen molar-refractivity contribution in [3.05, 3.63) is 90.3 Å². The van der Waals surface area contributed by atoms with E-state index in [0.717, 1.165) is 0 Å². The Balaban J connectivity index is 0.000000384. The summed E-state index contributed by atoms with van der Waals surface area (Å²) < 4.78 is 0. The summed E-state index contributed by atoms with van der Waals surface area (Å²) in [7, 11) is 0. The van der Waals surface area contributed by atoms with Crippen molar-refractivity contribution in [2.45, 2.75) is 0 Å². The van der Waals surface area contributed by atoms with Crippen LogP contribution in [0.1, 0.15) is 31.5 Å². The Morgan fingerprint density at radius 3 is 0.893 bits per heavy atom. The van der Waals surface area contributed by atoms with Gasteiger partial charge in [0, 0.05) is 36.0 Å². The SMILES string of the molecule is O=C([O-])c1ccccn1.O=C([O-])c1ccccn1.O=C([O-])c1ccccn1.[Cr]. The van der Waals surface area contributed by atoms with Crippen LogP contribution in [0.25, 0.3) is 0 Å². The standard InChI is InChI=1S/3C6H5NO2.Cr/c3*8-6(9)5-3-1-2-4-7-5;/h3*1-4H,(H,8,9);/p-3. The summed E-state index contributed by atoms with van der Waals surface area (Å²) in [5, 5.41) is 30.1. The van der Waals surface area contributed by atoms with Crippen molar-refractivity contribution in [3.63, 3.8) is 0 Å². The molecule has 3 heterocycles. The summed E-state index contributed by atoms with van der Waals surface area (Å²) in [6.45, 7) is 0. The molecule has 0 saturated heterocycles. The molecule has 0 N–H and O–H groups in total. The minimum atomic E-state index is -1.24. The van der Waals surface area contributed by atoms with Gasteiger partial charge in [-0.3, -0.25) is 15.0 Å². The van der Waals surface area contributed by atoms with E-state index >= 15 is 0 Å². The van der Waals surface area contributed by atoms with Crippen LogP contribution in [0.5, 0.6) is 0 Å². The van der Waals surface area contributed by atoms with Gasteiger partial charge in [-0.15, -0.1) is 0 Å². The number of carboxylic acids is 3. The Kier molecular flexibility index (Phi) is 11.8. The van der Waals surface area contributed by atoms with Gasteiger partial charge < -0.3 is 29.7 Å². The Hall–Kier alpha value is -3.61. The number of rotatable bonds is 3. The zero-order chi connectivity index (χ0) is 20.1. The number of hydrogen-bond acceptors (Lipinski definition) is 9. The molecule has 28 heavy (non-hydrogen) atoms. The predicted molar refractivity (Wildman–Crippen MR) is 85.7 cm³/mol. The fraction of sp³-hybridized carbons (Fsp3) is 0. The summed E-state index contributed by atoms with van der Waals surface area (Å²) in [4.78, 5) is 40.6. The van der Waals surface area contributed by atoms with Gasteiger partial charge in [0.25, 0.3) is 0 Å². The van der Waals surface area contributed by atoms with Gasteiger partial charge in [-0.05, 0) is 36.4 Å². The van der Waals surface area contributed by atoms with E-state index in [1.165, 1.54) is 36.8 Å². The van der Waals surface area contributed by atoms with Gasteiger partial charge in [0.2, 0.25) is 0 Å². The molecule has 10 heteroatoms. The molecule has 0 atom stereocenters. The molecule has 0 aliphatic heterocycles. The van der Waals surface area contributed by atoms with Gasteiger partial charge in [-0.25, -0.2) is 0 Å². The van der Waals surface area contributed by atoms with Crippen molar-refractivity contribution in [2.24, 2.45) is 0 Å². The average Bonchev–Trinajstić information content (AvgIpc) is 2.71. The quantitative estimate of drug-likeness (QED) is 0.485. The molecule has 9 nitrogen and oxygen atoms in total. The van der Waals surface area contributed by atoms with Gasteiger partial charge in [0.1, 0.15) is 0 Å². The van der Waals surface area contributed by atoms with Crippen molar-refractivity contribution in [1.82, 2.24) is 15.0 Å². The first-order valence-corrected chi connectivity index (χ1v) is 7.29. The third-order valence-electron chi connectivity index (χ3n) is 2.62. The normalized spacial score (nSPS) is 8.57. The number of carboxylic acid groups (broad SMARTS) is 3. The molecule has 0 saturated carbocycles. The number of carbonyl (C=O) groups excluding carboxylic acids is 3. The van der Waals surface area contributed by atoms with E-state index < -0.39 is 17.9 Å². The number of carbonyl (C=O) groups is 3. The Morgan fingerprint density at radius 1 is 0.536 bits per heavy atom. The number of aromatic nitrogens is 3. The molecule has 0 fully saturated rings. The third kappa shape index (κ3) is 9.77. The first-order valence-electron chi connectivity index (χ1n) is 7.29. The van der Waals surface area contributed by atoms with E-state index in [-0.39, 0.29) is 34.4 Å². The number of nitrogens with zero attached hydrogens (tertiary/aromatic N) is 3. The van der Waals surface area contributed by atoms with Gasteiger partial charge in [0.05, 0.1) is 35.0 Å². The van der Waals surface area contributed by atoms with Crippen LogP contribution in [0.2, 0.25) is 0 Å². The Morgan fingerprint density at radius 2 is 0.786 bits per heavy atom. The van der Waals surface area contributed by atoms with Crippen LogP contribution < -0.4 is 15.3 Å². The maximum Gasteiger partial charge on any atom is 0.0899 e. The summed E-state index contributed by atoms with van der Waals surface area (Å²) in [6, 6.07) is 13.9. The van der Waals surface area contributed by atoms with Crippen molar-refractivity contribution in [2.75, 3.05) is 0 Å². The average molecular weight is 418 g/mol. The summed E-state index contributed by atoms with van der Waals surface area (Å²) in [5.74, 6) is -3.72. The minimum Gasteiger partial charge on any atom is -0.543 e. The minimum absolute atomic E-state index is 0. The zero-order valence-corrected chi connectivity index (χ0v) is 15.4. The van der Waals surface area contributed by atoms with E-state index in [4.69, 9.17) is 0 Å². The summed E-state index contributed by atoms with van der Waals surface area (Å²) in [5.41, 5.74) is -0.0903. The van der Waals surface area contributed by atoms with Crippen LogP contribution in [0.4, 0.5) is 0 Å². The molecular formula is C18H12CrN3O6-3. The fourth-order valence-electron chi connectivity index (χ4n) is 1.45. The molecule has 0 aromatic carbocycles. The second kappa shape index (κ2) is 13.6. The van der Waals surface area contributed by atoms with E-state index in [9.17, 15) is 29.7 Å². The fourth-order valence-corrected chi connectivity index (χ4v) is 1.45. The summed E-state index contributed by atoms with van der Waals surface area (Å²) in [6.07, 6.45) is 4.22. The first kappa shape index (κ1) is 24.4. The maximum absolute atomic E-state index is 10.0. The van der Waals surface area contributed by atoms with Gasteiger partial charge in [0.15, 0.2) is 0 Å². The first-order chi connectivity index (χ1) is 12.9. The third-order valence-corrected chi connectivity index (χ3v) is 2.62.